The van der Waals surface area contributed by atoms with Gasteiger partial charge >= 0.3 is 0 Å². The fraction of sp³-hybridized carbons (Fsp3) is 0.933. The van der Waals surface area contributed by atoms with Crippen molar-refractivity contribution in [1.29, 1.82) is 0 Å². The first-order valence-electron chi connectivity index (χ1n) is 8.22. The van der Waals surface area contributed by atoms with Crippen LogP contribution in [-0.4, -0.2) is 55.5 Å². The monoisotopic (exact) mass is 318 g/mol. The van der Waals surface area contributed by atoms with E-state index in [1.165, 1.54) is 0 Å². The lowest BCUT2D eigenvalue weighted by Crippen LogP contribution is -2.45. The van der Waals surface area contributed by atoms with Crippen molar-refractivity contribution in [3.8, 4) is 0 Å². The highest BCUT2D eigenvalue weighted by Crippen LogP contribution is 2.22. The molecule has 1 amide bonds. The second-order valence-electron chi connectivity index (χ2n) is 5.81. The summed E-state index contributed by atoms with van der Waals surface area (Å²) in [6, 6.07) is 0. The molecule has 0 radical (unpaired) electrons. The minimum absolute atomic E-state index is 0.00354. The third-order valence-electron chi connectivity index (χ3n) is 3.96. The van der Waals surface area contributed by atoms with E-state index in [2.05, 4.69) is 13.8 Å². The number of rotatable bonds is 8. The molecule has 0 unspecified atom stereocenters. The van der Waals surface area contributed by atoms with Crippen molar-refractivity contribution >= 4 is 15.9 Å². The van der Waals surface area contributed by atoms with Crippen molar-refractivity contribution in [2.75, 3.05) is 31.9 Å². The number of carbonyl (C=O) groups excluding carboxylic acids is 1. The van der Waals surface area contributed by atoms with Crippen molar-refractivity contribution in [3.63, 3.8) is 0 Å². The number of hydrogen-bond acceptors (Lipinski definition) is 3. The van der Waals surface area contributed by atoms with Crippen LogP contribution in [0.3, 0.4) is 0 Å². The van der Waals surface area contributed by atoms with E-state index in [1.807, 2.05) is 11.8 Å². The van der Waals surface area contributed by atoms with Gasteiger partial charge < -0.3 is 4.90 Å². The van der Waals surface area contributed by atoms with Gasteiger partial charge in [-0.15, -0.1) is 0 Å². The number of carbonyl (C=O) groups is 1. The first kappa shape index (κ1) is 18.4. The van der Waals surface area contributed by atoms with Gasteiger partial charge in [-0.25, -0.2) is 12.7 Å². The third kappa shape index (κ3) is 5.25. The highest BCUT2D eigenvalue weighted by molar-refractivity contribution is 7.89. The first-order valence-corrected chi connectivity index (χ1v) is 9.83. The standard InChI is InChI=1S/C15H30N2O3S/c1-4-9-16(10-5-2)15(18)14-7-11-17(12-8-14)21(19,20)13-6-3/h14H,4-13H2,1-3H3. The summed E-state index contributed by atoms with van der Waals surface area (Å²) in [5, 5.41) is 0. The summed E-state index contributed by atoms with van der Waals surface area (Å²) in [7, 11) is -3.11. The Labute approximate surface area is 129 Å². The number of piperidine rings is 1. The molecule has 0 aromatic heterocycles. The van der Waals surface area contributed by atoms with Gasteiger partial charge in [-0.1, -0.05) is 20.8 Å². The zero-order valence-corrected chi connectivity index (χ0v) is 14.5. The molecule has 0 atom stereocenters. The molecular weight excluding hydrogens is 288 g/mol. The predicted molar refractivity (Wildman–Crippen MR) is 85.5 cm³/mol. The molecule has 124 valence electrons. The minimum atomic E-state index is -3.11. The van der Waals surface area contributed by atoms with Crippen LogP contribution in [0.15, 0.2) is 0 Å². The number of amides is 1. The van der Waals surface area contributed by atoms with Crippen LogP contribution in [0, 0.1) is 5.92 Å². The molecule has 6 heteroatoms. The van der Waals surface area contributed by atoms with E-state index in [9.17, 15) is 13.2 Å². The molecule has 0 aromatic rings. The average Bonchev–Trinajstić information content (AvgIpc) is 2.46. The zero-order chi connectivity index (χ0) is 15.9. The van der Waals surface area contributed by atoms with Crippen LogP contribution in [0.2, 0.25) is 0 Å². The van der Waals surface area contributed by atoms with Gasteiger partial charge in [-0.3, -0.25) is 4.79 Å². The maximum Gasteiger partial charge on any atom is 0.225 e. The molecule has 0 saturated carbocycles. The highest BCUT2D eigenvalue weighted by atomic mass is 32.2. The number of sulfonamides is 1. The SMILES string of the molecule is CCCN(CCC)C(=O)C1CCN(S(=O)(=O)CCC)CC1. The van der Waals surface area contributed by atoms with Crippen molar-refractivity contribution < 1.29 is 13.2 Å². The number of hydrogen-bond donors (Lipinski definition) is 0. The lowest BCUT2D eigenvalue weighted by Gasteiger charge is -2.33. The van der Waals surface area contributed by atoms with E-state index < -0.39 is 10.0 Å². The lowest BCUT2D eigenvalue weighted by molar-refractivity contribution is -0.136. The maximum atomic E-state index is 12.5. The molecule has 0 aromatic carbocycles. The molecule has 1 aliphatic heterocycles. The molecule has 1 saturated heterocycles. The van der Waals surface area contributed by atoms with Crippen LogP contribution in [0.4, 0.5) is 0 Å². The second-order valence-corrected chi connectivity index (χ2v) is 7.90. The van der Waals surface area contributed by atoms with Gasteiger partial charge in [-0.05, 0) is 32.1 Å². The summed E-state index contributed by atoms with van der Waals surface area (Å²) >= 11 is 0. The Morgan fingerprint density at radius 1 is 1.05 bits per heavy atom. The van der Waals surface area contributed by atoms with Crippen LogP contribution in [0.25, 0.3) is 0 Å². The Morgan fingerprint density at radius 3 is 2.00 bits per heavy atom. The van der Waals surface area contributed by atoms with Crippen LogP contribution in [-0.2, 0) is 14.8 Å². The Balaban J connectivity index is 2.57. The number of nitrogens with zero attached hydrogens (tertiary/aromatic N) is 2. The van der Waals surface area contributed by atoms with Gasteiger partial charge in [-0.2, -0.15) is 0 Å². The Kier molecular flexibility index (Phi) is 7.66. The van der Waals surface area contributed by atoms with Crippen molar-refractivity contribution in [2.24, 2.45) is 5.92 Å². The summed E-state index contributed by atoms with van der Waals surface area (Å²) in [6.45, 7) is 8.63. The van der Waals surface area contributed by atoms with E-state index >= 15 is 0 Å². The summed E-state index contributed by atoms with van der Waals surface area (Å²) in [6.07, 6.45) is 3.89. The molecule has 0 aliphatic carbocycles. The van der Waals surface area contributed by atoms with Gasteiger partial charge in [0.2, 0.25) is 15.9 Å². The topological polar surface area (TPSA) is 57.7 Å². The van der Waals surface area contributed by atoms with Crippen LogP contribution >= 0.6 is 0 Å². The molecule has 5 nitrogen and oxygen atoms in total. The first-order chi connectivity index (χ1) is 9.96. The summed E-state index contributed by atoms with van der Waals surface area (Å²) in [5.74, 6) is 0.422. The third-order valence-corrected chi connectivity index (χ3v) is 6.03. The summed E-state index contributed by atoms with van der Waals surface area (Å²) < 4.78 is 25.6. The molecule has 1 heterocycles. The van der Waals surface area contributed by atoms with E-state index in [1.54, 1.807) is 4.31 Å². The second kappa shape index (κ2) is 8.73. The zero-order valence-electron chi connectivity index (χ0n) is 13.7. The molecule has 1 rings (SSSR count). The molecule has 0 N–H and O–H groups in total. The van der Waals surface area contributed by atoms with Crippen molar-refractivity contribution in [2.45, 2.75) is 52.9 Å². The Hall–Kier alpha value is -0.620. The molecule has 1 fully saturated rings. The fourth-order valence-corrected chi connectivity index (χ4v) is 4.44. The summed E-state index contributed by atoms with van der Waals surface area (Å²) in [4.78, 5) is 14.5. The molecule has 0 spiro atoms. The van der Waals surface area contributed by atoms with Crippen LogP contribution in [0.1, 0.15) is 52.9 Å². The normalized spacial score (nSPS) is 17.9. The largest absolute Gasteiger partial charge is 0.342 e. The molecule has 1 aliphatic rings. The maximum absolute atomic E-state index is 12.5. The Morgan fingerprint density at radius 2 is 1.57 bits per heavy atom. The van der Waals surface area contributed by atoms with Gasteiger partial charge in [0.15, 0.2) is 0 Å². The van der Waals surface area contributed by atoms with Gasteiger partial charge in [0, 0.05) is 32.1 Å². The van der Waals surface area contributed by atoms with E-state index in [-0.39, 0.29) is 17.6 Å². The van der Waals surface area contributed by atoms with Crippen LogP contribution < -0.4 is 0 Å². The predicted octanol–water partition coefficient (Wildman–Crippen LogP) is 2.09. The van der Waals surface area contributed by atoms with Gasteiger partial charge in [0.1, 0.15) is 0 Å². The van der Waals surface area contributed by atoms with E-state index in [0.717, 1.165) is 25.9 Å². The van der Waals surface area contributed by atoms with Crippen molar-refractivity contribution in [1.82, 2.24) is 9.21 Å². The molecule has 0 bridgehead atoms. The summed E-state index contributed by atoms with van der Waals surface area (Å²) in [5.41, 5.74) is 0. The fourth-order valence-electron chi connectivity index (χ4n) is 2.90. The average molecular weight is 318 g/mol. The highest BCUT2D eigenvalue weighted by Gasteiger charge is 2.32. The van der Waals surface area contributed by atoms with Gasteiger partial charge in [0.25, 0.3) is 0 Å². The van der Waals surface area contributed by atoms with Crippen LogP contribution in [0.5, 0.6) is 0 Å². The Bertz CT molecular complexity index is 409. The minimum Gasteiger partial charge on any atom is -0.342 e. The lowest BCUT2D eigenvalue weighted by atomic mass is 9.96. The van der Waals surface area contributed by atoms with Crippen molar-refractivity contribution in [3.05, 3.63) is 0 Å². The van der Waals surface area contributed by atoms with E-state index in [4.69, 9.17) is 0 Å². The molecular formula is C15H30N2O3S. The smallest absolute Gasteiger partial charge is 0.225 e. The van der Waals surface area contributed by atoms with Gasteiger partial charge in [0.05, 0.1) is 5.75 Å². The quantitative estimate of drug-likeness (QED) is 0.688. The molecule has 21 heavy (non-hydrogen) atoms. The van der Waals surface area contributed by atoms with E-state index in [0.29, 0.717) is 32.4 Å².